The normalized spacial score (nSPS) is 14.9. The summed E-state index contributed by atoms with van der Waals surface area (Å²) in [6.45, 7) is 3.88. The molecule has 1 aromatic carbocycles. The first-order valence-corrected chi connectivity index (χ1v) is 9.46. The summed E-state index contributed by atoms with van der Waals surface area (Å²) >= 11 is 1.29. The summed E-state index contributed by atoms with van der Waals surface area (Å²) in [5, 5.41) is 20.7. The Labute approximate surface area is 160 Å². The van der Waals surface area contributed by atoms with Gasteiger partial charge in [0.25, 0.3) is 0 Å². The van der Waals surface area contributed by atoms with Gasteiger partial charge < -0.3 is 19.7 Å². The Bertz CT molecular complexity index is 819. The van der Waals surface area contributed by atoms with Gasteiger partial charge in [0, 0.05) is 25.8 Å². The molecular formula is C17H21N5O4S. The van der Waals surface area contributed by atoms with Crippen LogP contribution in [0.15, 0.2) is 29.4 Å². The molecular weight excluding hydrogens is 370 g/mol. The number of nitrogens with one attached hydrogen (secondary N) is 1. The van der Waals surface area contributed by atoms with Gasteiger partial charge in [-0.2, -0.15) is 0 Å². The topological polar surface area (TPSA) is 110 Å². The first-order valence-electron chi connectivity index (χ1n) is 8.47. The number of morpholine rings is 1. The van der Waals surface area contributed by atoms with Crippen LogP contribution in [0.1, 0.15) is 16.2 Å². The van der Waals surface area contributed by atoms with Crippen molar-refractivity contribution in [1.29, 1.82) is 0 Å². The lowest BCUT2D eigenvalue weighted by Crippen LogP contribution is -2.36. The molecule has 1 aliphatic heterocycles. The van der Waals surface area contributed by atoms with Crippen molar-refractivity contribution in [2.75, 3.05) is 37.4 Å². The first-order chi connectivity index (χ1) is 13.0. The smallest absolute Gasteiger partial charge is 0.335 e. The molecule has 1 amide bonds. The second kappa shape index (κ2) is 8.98. The second-order valence-corrected chi connectivity index (χ2v) is 7.01. The number of ether oxygens (including phenoxy) is 1. The Morgan fingerprint density at radius 2 is 2.07 bits per heavy atom. The predicted octanol–water partition coefficient (Wildman–Crippen LogP) is 1.08. The van der Waals surface area contributed by atoms with E-state index in [-0.39, 0.29) is 17.2 Å². The molecule has 1 aliphatic rings. The molecule has 10 heteroatoms. The zero-order valence-corrected chi connectivity index (χ0v) is 15.7. The number of hydrogen-bond acceptors (Lipinski definition) is 7. The van der Waals surface area contributed by atoms with E-state index in [0.29, 0.717) is 17.4 Å². The zero-order valence-electron chi connectivity index (χ0n) is 14.9. The third kappa shape index (κ3) is 5.28. The SMILES string of the molecule is Cn1c(CN2CCOCC2)nnc1SCC(=O)Nc1cccc(C(=O)O)c1. The standard InChI is InChI=1S/C17H21N5O4S/c1-21-14(10-22-5-7-26-8-6-22)19-20-17(21)27-11-15(23)18-13-4-2-3-12(9-13)16(24)25/h2-4,9H,5-8,10-11H2,1H3,(H,18,23)(H,24,25). The number of anilines is 1. The molecule has 1 saturated heterocycles. The van der Waals surface area contributed by atoms with Crippen molar-refractivity contribution < 1.29 is 19.4 Å². The van der Waals surface area contributed by atoms with Crippen LogP contribution >= 0.6 is 11.8 Å². The number of carbonyl (C=O) groups excluding carboxylic acids is 1. The highest BCUT2D eigenvalue weighted by Gasteiger charge is 2.16. The molecule has 2 heterocycles. The molecule has 0 atom stereocenters. The minimum atomic E-state index is -1.03. The van der Waals surface area contributed by atoms with Crippen LogP contribution in [0.2, 0.25) is 0 Å². The lowest BCUT2D eigenvalue weighted by atomic mass is 10.2. The van der Waals surface area contributed by atoms with Crippen molar-refractivity contribution in [1.82, 2.24) is 19.7 Å². The summed E-state index contributed by atoms with van der Waals surface area (Å²) in [6, 6.07) is 6.14. The fourth-order valence-electron chi connectivity index (χ4n) is 2.62. The Morgan fingerprint density at radius 3 is 2.81 bits per heavy atom. The number of carbonyl (C=O) groups is 2. The van der Waals surface area contributed by atoms with Crippen LogP contribution in [0, 0.1) is 0 Å². The number of carboxylic acids is 1. The van der Waals surface area contributed by atoms with Crippen molar-refractivity contribution in [2.45, 2.75) is 11.7 Å². The van der Waals surface area contributed by atoms with Crippen molar-refractivity contribution in [2.24, 2.45) is 7.05 Å². The number of benzene rings is 1. The number of rotatable bonds is 7. The van der Waals surface area contributed by atoms with Crippen LogP contribution in [0.5, 0.6) is 0 Å². The molecule has 144 valence electrons. The molecule has 1 fully saturated rings. The van der Waals surface area contributed by atoms with Gasteiger partial charge in [-0.25, -0.2) is 4.79 Å². The zero-order chi connectivity index (χ0) is 19.2. The maximum absolute atomic E-state index is 12.1. The molecule has 1 aromatic heterocycles. The van der Waals surface area contributed by atoms with Gasteiger partial charge in [-0.05, 0) is 18.2 Å². The number of amides is 1. The van der Waals surface area contributed by atoms with E-state index in [4.69, 9.17) is 9.84 Å². The van der Waals surface area contributed by atoms with Gasteiger partial charge in [-0.1, -0.05) is 17.8 Å². The predicted molar refractivity (Wildman–Crippen MR) is 99.9 cm³/mol. The maximum Gasteiger partial charge on any atom is 0.335 e. The summed E-state index contributed by atoms with van der Waals surface area (Å²) in [7, 11) is 1.88. The van der Waals surface area contributed by atoms with E-state index in [2.05, 4.69) is 20.4 Å². The average molecular weight is 391 g/mol. The molecule has 2 N–H and O–H groups in total. The van der Waals surface area contributed by atoms with Crippen LogP contribution in [-0.4, -0.2) is 68.7 Å². The van der Waals surface area contributed by atoms with E-state index >= 15 is 0 Å². The van der Waals surface area contributed by atoms with Gasteiger partial charge in [0.1, 0.15) is 5.82 Å². The Morgan fingerprint density at radius 1 is 1.30 bits per heavy atom. The highest BCUT2D eigenvalue weighted by Crippen LogP contribution is 2.18. The molecule has 0 unspecified atom stereocenters. The van der Waals surface area contributed by atoms with Gasteiger partial charge in [0.2, 0.25) is 5.91 Å². The first kappa shape index (κ1) is 19.3. The number of hydrogen-bond donors (Lipinski definition) is 2. The van der Waals surface area contributed by atoms with Gasteiger partial charge in [0.15, 0.2) is 5.16 Å². The van der Waals surface area contributed by atoms with Crippen LogP contribution in [0.3, 0.4) is 0 Å². The van der Waals surface area contributed by atoms with Crippen molar-refractivity contribution in [3.8, 4) is 0 Å². The number of thioether (sulfide) groups is 1. The summed E-state index contributed by atoms with van der Waals surface area (Å²) < 4.78 is 7.23. The van der Waals surface area contributed by atoms with Crippen molar-refractivity contribution >= 4 is 29.3 Å². The van der Waals surface area contributed by atoms with Gasteiger partial charge in [-0.3, -0.25) is 9.69 Å². The molecule has 3 rings (SSSR count). The minimum absolute atomic E-state index is 0.126. The molecule has 0 aliphatic carbocycles. The third-order valence-corrected chi connectivity index (χ3v) is 5.14. The third-order valence-electron chi connectivity index (χ3n) is 4.12. The van der Waals surface area contributed by atoms with Gasteiger partial charge in [0.05, 0.1) is 31.1 Å². The maximum atomic E-state index is 12.1. The van der Waals surface area contributed by atoms with E-state index in [9.17, 15) is 9.59 Å². The van der Waals surface area contributed by atoms with Crippen LogP contribution < -0.4 is 5.32 Å². The fraction of sp³-hybridized carbons (Fsp3) is 0.412. The number of aromatic nitrogens is 3. The summed E-state index contributed by atoms with van der Waals surface area (Å²) in [5.41, 5.74) is 0.577. The van der Waals surface area contributed by atoms with Crippen molar-refractivity contribution in [3.63, 3.8) is 0 Å². The Balaban J connectivity index is 1.53. The fourth-order valence-corrected chi connectivity index (χ4v) is 3.35. The highest BCUT2D eigenvalue weighted by molar-refractivity contribution is 7.99. The minimum Gasteiger partial charge on any atom is -0.478 e. The summed E-state index contributed by atoms with van der Waals surface area (Å²) in [6.07, 6.45) is 0. The summed E-state index contributed by atoms with van der Waals surface area (Å²) in [5.74, 6) is -0.275. The number of aromatic carboxylic acids is 1. The van der Waals surface area contributed by atoms with Gasteiger partial charge >= 0.3 is 5.97 Å². The van der Waals surface area contributed by atoms with E-state index in [1.54, 1.807) is 12.1 Å². The summed E-state index contributed by atoms with van der Waals surface area (Å²) in [4.78, 5) is 25.4. The molecule has 2 aromatic rings. The van der Waals surface area contributed by atoms with Crippen LogP contribution in [0.4, 0.5) is 5.69 Å². The van der Waals surface area contributed by atoms with Crippen molar-refractivity contribution in [3.05, 3.63) is 35.7 Å². The number of carboxylic acid groups (broad SMARTS) is 1. The highest BCUT2D eigenvalue weighted by atomic mass is 32.2. The van der Waals surface area contributed by atoms with E-state index in [1.807, 2.05) is 11.6 Å². The van der Waals surface area contributed by atoms with Crippen LogP contribution in [0.25, 0.3) is 0 Å². The van der Waals surface area contributed by atoms with E-state index in [0.717, 1.165) is 32.1 Å². The molecule has 0 saturated carbocycles. The monoisotopic (exact) mass is 391 g/mol. The quantitative estimate of drug-likeness (QED) is 0.675. The number of nitrogens with zero attached hydrogens (tertiary/aromatic N) is 4. The largest absolute Gasteiger partial charge is 0.478 e. The molecule has 0 bridgehead atoms. The average Bonchev–Trinajstić information content (AvgIpc) is 3.01. The van der Waals surface area contributed by atoms with Gasteiger partial charge in [-0.15, -0.1) is 10.2 Å². The Hall–Kier alpha value is -2.43. The molecule has 0 spiro atoms. The second-order valence-electron chi connectivity index (χ2n) is 6.07. The Kier molecular flexibility index (Phi) is 6.43. The molecule has 9 nitrogen and oxygen atoms in total. The lowest BCUT2D eigenvalue weighted by Gasteiger charge is -2.25. The molecule has 0 radical (unpaired) electrons. The lowest BCUT2D eigenvalue weighted by molar-refractivity contribution is -0.113. The van der Waals surface area contributed by atoms with Crippen LogP contribution in [-0.2, 0) is 23.1 Å². The van der Waals surface area contributed by atoms with E-state index in [1.165, 1.54) is 23.9 Å². The van der Waals surface area contributed by atoms with E-state index < -0.39 is 5.97 Å². The molecule has 27 heavy (non-hydrogen) atoms.